The number of nitrogens with zero attached hydrogens (tertiary/aromatic N) is 3. The Labute approximate surface area is 136 Å². The van der Waals surface area contributed by atoms with Crippen LogP contribution in [0.4, 0.5) is 0 Å². The molecule has 0 aliphatic carbocycles. The largest absolute Gasteiger partial charge is 0.464 e. The van der Waals surface area contributed by atoms with Crippen LogP contribution in [0.25, 0.3) is 11.1 Å². The first-order valence-electron chi connectivity index (χ1n) is 8.06. The highest BCUT2D eigenvalue weighted by molar-refractivity contribution is 5.95. The average Bonchev–Trinajstić information content (AvgIpc) is 3.23. The molecule has 0 radical (unpaired) electrons. The lowest BCUT2D eigenvalue weighted by atomic mass is 10.0. The van der Waals surface area contributed by atoms with Gasteiger partial charge in [-0.3, -0.25) is 9.58 Å². The molecule has 2 aromatic rings. The number of carbonyl (C=O) groups is 1. The Morgan fingerprint density at radius 2 is 1.87 bits per heavy atom. The first-order chi connectivity index (χ1) is 11.1. The van der Waals surface area contributed by atoms with Gasteiger partial charge >= 0.3 is 5.97 Å². The van der Waals surface area contributed by atoms with Crippen LogP contribution in [0, 0.1) is 0 Å². The van der Waals surface area contributed by atoms with Crippen molar-refractivity contribution in [3.05, 3.63) is 41.7 Å². The van der Waals surface area contributed by atoms with E-state index in [9.17, 15) is 4.79 Å². The van der Waals surface area contributed by atoms with E-state index in [0.29, 0.717) is 11.7 Å². The number of esters is 1. The van der Waals surface area contributed by atoms with Crippen LogP contribution in [0.3, 0.4) is 0 Å². The number of rotatable bonds is 4. The third-order valence-corrected chi connectivity index (χ3v) is 4.71. The molecule has 23 heavy (non-hydrogen) atoms. The third kappa shape index (κ3) is 3.01. The molecule has 5 heteroatoms. The Morgan fingerprint density at radius 1 is 1.22 bits per heavy atom. The van der Waals surface area contributed by atoms with Gasteiger partial charge in [-0.2, -0.15) is 5.10 Å². The monoisotopic (exact) mass is 313 g/mol. The Bertz CT molecular complexity index is 685. The minimum absolute atomic E-state index is 0.366. The van der Waals surface area contributed by atoms with Crippen molar-refractivity contribution in [3.8, 4) is 11.1 Å². The molecule has 0 amide bonds. The standard InChI is InChI=1S/C18H23N3O2/c1-13(21-10-4-5-11-21)14-6-8-15(9-7-14)16-12-19-20(2)17(16)18(22)23-3/h6-9,12-13H,4-5,10-11H2,1-3H3. The maximum Gasteiger partial charge on any atom is 0.356 e. The molecule has 3 rings (SSSR count). The third-order valence-electron chi connectivity index (χ3n) is 4.71. The summed E-state index contributed by atoms with van der Waals surface area (Å²) < 4.78 is 6.42. The highest BCUT2D eigenvalue weighted by Gasteiger charge is 2.21. The lowest BCUT2D eigenvalue weighted by Crippen LogP contribution is -2.23. The fraction of sp³-hybridized carbons (Fsp3) is 0.444. The molecule has 0 spiro atoms. The fourth-order valence-electron chi connectivity index (χ4n) is 3.27. The van der Waals surface area contributed by atoms with Crippen molar-refractivity contribution in [2.75, 3.05) is 20.2 Å². The molecule has 1 saturated heterocycles. The molecule has 1 aliphatic rings. The number of aromatic nitrogens is 2. The number of methoxy groups -OCH3 is 1. The molecule has 5 nitrogen and oxygen atoms in total. The van der Waals surface area contributed by atoms with Gasteiger partial charge in [-0.25, -0.2) is 4.79 Å². The molecule has 1 fully saturated rings. The molecule has 1 atom stereocenters. The van der Waals surface area contributed by atoms with E-state index in [1.807, 2.05) is 0 Å². The molecule has 122 valence electrons. The quantitative estimate of drug-likeness (QED) is 0.814. The van der Waals surface area contributed by atoms with Gasteiger partial charge in [0.2, 0.25) is 0 Å². The lowest BCUT2D eigenvalue weighted by Gasteiger charge is -2.24. The number of ether oxygens (including phenoxy) is 1. The zero-order valence-electron chi connectivity index (χ0n) is 14.0. The predicted octanol–water partition coefficient (Wildman–Crippen LogP) is 3.03. The van der Waals surface area contributed by atoms with E-state index in [1.54, 1.807) is 17.9 Å². The Kier molecular flexibility index (Phi) is 4.48. The first-order valence-corrected chi connectivity index (χ1v) is 8.06. The maximum absolute atomic E-state index is 11.9. The fourth-order valence-corrected chi connectivity index (χ4v) is 3.27. The molecule has 1 aliphatic heterocycles. The van der Waals surface area contributed by atoms with Gasteiger partial charge in [-0.05, 0) is 44.0 Å². The minimum atomic E-state index is -0.366. The number of benzene rings is 1. The van der Waals surface area contributed by atoms with E-state index in [-0.39, 0.29) is 5.97 Å². The van der Waals surface area contributed by atoms with Crippen molar-refractivity contribution in [3.63, 3.8) is 0 Å². The van der Waals surface area contributed by atoms with Crippen LogP contribution in [0.1, 0.15) is 41.9 Å². The second-order valence-electron chi connectivity index (χ2n) is 6.06. The normalized spacial score (nSPS) is 16.5. The van der Waals surface area contributed by atoms with E-state index in [0.717, 1.165) is 11.1 Å². The maximum atomic E-state index is 11.9. The second kappa shape index (κ2) is 6.54. The zero-order chi connectivity index (χ0) is 16.4. The highest BCUT2D eigenvalue weighted by atomic mass is 16.5. The van der Waals surface area contributed by atoms with Crippen molar-refractivity contribution in [1.82, 2.24) is 14.7 Å². The molecular formula is C18H23N3O2. The number of hydrogen-bond donors (Lipinski definition) is 0. The molecule has 1 aromatic heterocycles. The summed E-state index contributed by atoms with van der Waals surface area (Å²) in [6.07, 6.45) is 4.30. The van der Waals surface area contributed by atoms with Gasteiger partial charge in [0.1, 0.15) is 0 Å². The van der Waals surface area contributed by atoms with Crippen LogP contribution in [-0.4, -0.2) is 40.8 Å². The van der Waals surface area contributed by atoms with Crippen LogP contribution in [0.15, 0.2) is 30.5 Å². The van der Waals surface area contributed by atoms with Gasteiger partial charge in [-0.15, -0.1) is 0 Å². The van der Waals surface area contributed by atoms with Crippen molar-refractivity contribution in [1.29, 1.82) is 0 Å². The summed E-state index contributed by atoms with van der Waals surface area (Å²) in [5.74, 6) is -0.366. The lowest BCUT2D eigenvalue weighted by molar-refractivity contribution is 0.0589. The van der Waals surface area contributed by atoms with Crippen molar-refractivity contribution < 1.29 is 9.53 Å². The molecule has 1 unspecified atom stereocenters. The number of aryl methyl sites for hydroxylation is 1. The van der Waals surface area contributed by atoms with Crippen molar-refractivity contribution in [2.45, 2.75) is 25.8 Å². The summed E-state index contributed by atoms with van der Waals surface area (Å²) >= 11 is 0. The molecule has 0 N–H and O–H groups in total. The van der Waals surface area contributed by atoms with Crippen LogP contribution < -0.4 is 0 Å². The summed E-state index contributed by atoms with van der Waals surface area (Å²) in [5, 5.41) is 4.19. The predicted molar refractivity (Wildman–Crippen MR) is 89.2 cm³/mol. The van der Waals surface area contributed by atoms with Gasteiger partial charge in [0, 0.05) is 18.7 Å². The van der Waals surface area contributed by atoms with Crippen LogP contribution in [0.5, 0.6) is 0 Å². The Morgan fingerprint density at radius 3 is 2.48 bits per heavy atom. The van der Waals surface area contributed by atoms with Gasteiger partial charge in [0.05, 0.1) is 13.3 Å². The van der Waals surface area contributed by atoms with E-state index >= 15 is 0 Å². The van der Waals surface area contributed by atoms with Gasteiger partial charge in [0.25, 0.3) is 0 Å². The molecule has 2 heterocycles. The van der Waals surface area contributed by atoms with Crippen LogP contribution in [-0.2, 0) is 11.8 Å². The van der Waals surface area contributed by atoms with Crippen LogP contribution in [0.2, 0.25) is 0 Å². The number of likely N-dealkylation sites (tertiary alicyclic amines) is 1. The minimum Gasteiger partial charge on any atom is -0.464 e. The second-order valence-corrected chi connectivity index (χ2v) is 6.06. The molecule has 0 saturated carbocycles. The summed E-state index contributed by atoms with van der Waals surface area (Å²) in [4.78, 5) is 14.5. The summed E-state index contributed by atoms with van der Waals surface area (Å²) in [7, 11) is 3.14. The SMILES string of the molecule is COC(=O)c1c(-c2ccc(C(C)N3CCCC3)cc2)cnn1C. The van der Waals surface area contributed by atoms with Gasteiger partial charge in [0.15, 0.2) is 5.69 Å². The summed E-state index contributed by atoms with van der Waals surface area (Å²) in [6, 6.07) is 8.84. The highest BCUT2D eigenvalue weighted by Crippen LogP contribution is 2.28. The van der Waals surface area contributed by atoms with E-state index in [2.05, 4.69) is 41.2 Å². The van der Waals surface area contributed by atoms with E-state index in [4.69, 9.17) is 4.74 Å². The number of hydrogen-bond acceptors (Lipinski definition) is 4. The summed E-state index contributed by atoms with van der Waals surface area (Å²) in [6.45, 7) is 4.61. The molecule has 0 bridgehead atoms. The smallest absolute Gasteiger partial charge is 0.356 e. The zero-order valence-corrected chi connectivity index (χ0v) is 14.0. The van der Waals surface area contributed by atoms with Gasteiger partial charge in [-0.1, -0.05) is 24.3 Å². The molecule has 1 aromatic carbocycles. The number of carbonyl (C=O) groups excluding carboxylic acids is 1. The Hall–Kier alpha value is -2.14. The van der Waals surface area contributed by atoms with Gasteiger partial charge < -0.3 is 4.74 Å². The Balaban J connectivity index is 1.86. The van der Waals surface area contributed by atoms with Crippen LogP contribution >= 0.6 is 0 Å². The average molecular weight is 313 g/mol. The molecular weight excluding hydrogens is 290 g/mol. The van der Waals surface area contributed by atoms with Crippen molar-refractivity contribution in [2.24, 2.45) is 7.05 Å². The summed E-state index contributed by atoms with van der Waals surface area (Å²) in [5.41, 5.74) is 3.57. The first kappa shape index (κ1) is 15.7. The van der Waals surface area contributed by atoms with E-state index in [1.165, 1.54) is 38.6 Å². The van der Waals surface area contributed by atoms with E-state index < -0.39 is 0 Å². The van der Waals surface area contributed by atoms with Crippen molar-refractivity contribution >= 4 is 5.97 Å². The topological polar surface area (TPSA) is 47.4 Å².